The number of rotatable bonds is 9. The quantitative estimate of drug-likeness (QED) is 0.617. The van der Waals surface area contributed by atoms with Crippen LogP contribution in [0.4, 0.5) is 0 Å². The Morgan fingerprint density at radius 1 is 1.22 bits per heavy atom. The SMILES string of the molecule is CCOc1ccc(OC(C)C(=O)NNC(=O)CSCc2noc(C)n2)cc1. The van der Waals surface area contributed by atoms with Gasteiger partial charge in [0.15, 0.2) is 11.9 Å². The highest BCUT2D eigenvalue weighted by atomic mass is 32.2. The van der Waals surface area contributed by atoms with E-state index in [9.17, 15) is 9.59 Å². The van der Waals surface area contributed by atoms with Crippen LogP contribution in [-0.2, 0) is 15.3 Å². The van der Waals surface area contributed by atoms with E-state index >= 15 is 0 Å². The molecule has 0 aliphatic rings. The molecule has 0 bridgehead atoms. The molecule has 0 aliphatic carbocycles. The molecule has 1 aromatic heterocycles. The van der Waals surface area contributed by atoms with E-state index in [0.29, 0.717) is 29.8 Å². The summed E-state index contributed by atoms with van der Waals surface area (Å²) in [5, 5.41) is 3.73. The summed E-state index contributed by atoms with van der Waals surface area (Å²) in [6.45, 7) is 5.76. The third-order valence-electron chi connectivity index (χ3n) is 3.18. The number of hydrogen-bond donors (Lipinski definition) is 2. The van der Waals surface area contributed by atoms with Gasteiger partial charge in [0.1, 0.15) is 11.5 Å². The van der Waals surface area contributed by atoms with E-state index in [1.54, 1.807) is 38.1 Å². The van der Waals surface area contributed by atoms with Crippen LogP contribution in [0.1, 0.15) is 25.6 Å². The summed E-state index contributed by atoms with van der Waals surface area (Å²) in [6.07, 6.45) is -0.779. The second-order valence-electron chi connectivity index (χ2n) is 5.42. The molecule has 0 aliphatic heterocycles. The fourth-order valence-corrected chi connectivity index (χ4v) is 2.60. The van der Waals surface area contributed by atoms with Crippen LogP contribution in [0, 0.1) is 6.92 Å². The fourth-order valence-electron chi connectivity index (χ4n) is 1.94. The molecule has 0 spiro atoms. The average molecular weight is 394 g/mol. The van der Waals surface area contributed by atoms with Crippen molar-refractivity contribution in [2.45, 2.75) is 32.6 Å². The first-order valence-corrected chi connectivity index (χ1v) is 9.48. The first kappa shape index (κ1) is 20.6. The molecule has 0 radical (unpaired) electrons. The molecule has 1 unspecified atom stereocenters. The molecule has 2 amide bonds. The van der Waals surface area contributed by atoms with Gasteiger partial charge in [-0.2, -0.15) is 4.98 Å². The first-order chi connectivity index (χ1) is 13.0. The Hall–Kier alpha value is -2.75. The molecule has 1 heterocycles. The highest BCUT2D eigenvalue weighted by Gasteiger charge is 2.15. The van der Waals surface area contributed by atoms with Crippen LogP contribution in [0.5, 0.6) is 11.5 Å². The molecule has 10 heteroatoms. The number of aryl methyl sites for hydroxylation is 1. The molecule has 27 heavy (non-hydrogen) atoms. The van der Waals surface area contributed by atoms with Crippen LogP contribution in [0.15, 0.2) is 28.8 Å². The number of benzene rings is 1. The van der Waals surface area contributed by atoms with Crippen molar-refractivity contribution in [3.05, 3.63) is 36.0 Å². The number of carbonyl (C=O) groups is 2. The van der Waals surface area contributed by atoms with Crippen LogP contribution >= 0.6 is 11.8 Å². The molecule has 2 N–H and O–H groups in total. The highest BCUT2D eigenvalue weighted by Crippen LogP contribution is 2.18. The van der Waals surface area contributed by atoms with Crippen molar-refractivity contribution in [2.75, 3.05) is 12.4 Å². The molecule has 1 aromatic carbocycles. The second-order valence-corrected chi connectivity index (χ2v) is 6.41. The van der Waals surface area contributed by atoms with E-state index in [1.807, 2.05) is 6.92 Å². The Morgan fingerprint density at radius 3 is 2.56 bits per heavy atom. The zero-order valence-corrected chi connectivity index (χ0v) is 16.2. The number of carbonyl (C=O) groups excluding carboxylic acids is 2. The molecule has 0 fully saturated rings. The maximum atomic E-state index is 12.0. The zero-order valence-electron chi connectivity index (χ0n) is 15.4. The van der Waals surface area contributed by atoms with E-state index in [0.717, 1.165) is 5.75 Å². The fraction of sp³-hybridized carbons (Fsp3) is 0.412. The van der Waals surface area contributed by atoms with Crippen LogP contribution in [0.3, 0.4) is 0 Å². The molecular weight excluding hydrogens is 372 g/mol. The Morgan fingerprint density at radius 2 is 1.93 bits per heavy atom. The normalized spacial score (nSPS) is 11.5. The van der Waals surface area contributed by atoms with Gasteiger partial charge < -0.3 is 14.0 Å². The number of nitrogens with zero attached hydrogens (tertiary/aromatic N) is 2. The maximum Gasteiger partial charge on any atom is 0.279 e. The Bertz CT molecular complexity index is 750. The lowest BCUT2D eigenvalue weighted by molar-refractivity contribution is -0.131. The van der Waals surface area contributed by atoms with Crippen molar-refractivity contribution < 1.29 is 23.6 Å². The number of hydrazine groups is 1. The highest BCUT2D eigenvalue weighted by molar-refractivity contribution is 7.99. The number of aromatic nitrogens is 2. The van der Waals surface area contributed by atoms with Gasteiger partial charge in [-0.3, -0.25) is 20.4 Å². The number of amides is 2. The van der Waals surface area contributed by atoms with E-state index in [2.05, 4.69) is 21.0 Å². The van der Waals surface area contributed by atoms with E-state index in [-0.39, 0.29) is 11.7 Å². The van der Waals surface area contributed by atoms with E-state index in [1.165, 1.54) is 11.8 Å². The third kappa shape index (κ3) is 7.18. The second kappa shape index (κ2) is 10.4. The minimum absolute atomic E-state index is 0.141. The van der Waals surface area contributed by atoms with Gasteiger partial charge in [-0.15, -0.1) is 11.8 Å². The standard InChI is InChI=1S/C17H22N4O5S/c1-4-24-13-5-7-14(8-6-13)25-11(2)17(23)20-19-16(22)10-27-9-15-18-12(3)26-21-15/h5-8,11H,4,9-10H2,1-3H3,(H,19,22)(H,20,23). The van der Waals surface area contributed by atoms with Gasteiger partial charge in [-0.1, -0.05) is 5.16 Å². The van der Waals surface area contributed by atoms with Gasteiger partial charge in [0.25, 0.3) is 5.91 Å². The van der Waals surface area contributed by atoms with Crippen molar-refractivity contribution in [3.63, 3.8) is 0 Å². The predicted octanol–water partition coefficient (Wildman–Crippen LogP) is 1.62. The number of ether oxygens (including phenoxy) is 2. The number of hydrogen-bond acceptors (Lipinski definition) is 8. The molecule has 2 rings (SSSR count). The largest absolute Gasteiger partial charge is 0.494 e. The number of thioether (sulfide) groups is 1. The number of nitrogens with one attached hydrogen (secondary N) is 2. The predicted molar refractivity (Wildman–Crippen MR) is 99.2 cm³/mol. The maximum absolute atomic E-state index is 12.0. The average Bonchev–Trinajstić information content (AvgIpc) is 3.06. The Labute approximate surface area is 161 Å². The lowest BCUT2D eigenvalue weighted by Crippen LogP contribution is -2.47. The van der Waals surface area contributed by atoms with Gasteiger partial charge in [0.05, 0.1) is 18.1 Å². The molecule has 9 nitrogen and oxygen atoms in total. The van der Waals surface area contributed by atoms with Crippen molar-refractivity contribution >= 4 is 23.6 Å². The van der Waals surface area contributed by atoms with Gasteiger partial charge in [0, 0.05) is 6.92 Å². The molecule has 0 saturated carbocycles. The monoisotopic (exact) mass is 394 g/mol. The summed E-state index contributed by atoms with van der Waals surface area (Å²) < 4.78 is 15.7. The molecular formula is C17H22N4O5S. The van der Waals surface area contributed by atoms with Crippen LogP contribution in [0.2, 0.25) is 0 Å². The topological polar surface area (TPSA) is 116 Å². The van der Waals surface area contributed by atoms with Crippen molar-refractivity contribution in [2.24, 2.45) is 0 Å². The lowest BCUT2D eigenvalue weighted by Gasteiger charge is -2.15. The van der Waals surface area contributed by atoms with Crippen molar-refractivity contribution in [1.29, 1.82) is 0 Å². The van der Waals surface area contributed by atoms with Gasteiger partial charge in [0.2, 0.25) is 11.8 Å². The molecule has 0 saturated heterocycles. The Kier molecular flexibility index (Phi) is 7.93. The Balaban J connectivity index is 1.66. The van der Waals surface area contributed by atoms with Crippen LogP contribution in [0.25, 0.3) is 0 Å². The molecule has 146 valence electrons. The van der Waals surface area contributed by atoms with Crippen LogP contribution < -0.4 is 20.3 Å². The summed E-state index contributed by atoms with van der Waals surface area (Å²) in [6, 6.07) is 6.94. The molecule has 2 aromatic rings. The zero-order chi connectivity index (χ0) is 19.6. The third-order valence-corrected chi connectivity index (χ3v) is 4.10. The summed E-state index contributed by atoms with van der Waals surface area (Å²) in [7, 11) is 0. The first-order valence-electron chi connectivity index (χ1n) is 8.33. The van der Waals surface area contributed by atoms with Crippen molar-refractivity contribution in [3.8, 4) is 11.5 Å². The van der Waals surface area contributed by atoms with Crippen LogP contribution in [-0.4, -0.2) is 40.4 Å². The van der Waals surface area contributed by atoms with E-state index < -0.39 is 12.0 Å². The summed E-state index contributed by atoms with van der Waals surface area (Å²) in [5.74, 6) is 2.02. The molecule has 1 atom stereocenters. The van der Waals surface area contributed by atoms with Crippen molar-refractivity contribution in [1.82, 2.24) is 21.0 Å². The lowest BCUT2D eigenvalue weighted by atomic mass is 10.3. The van der Waals surface area contributed by atoms with Gasteiger partial charge in [-0.25, -0.2) is 0 Å². The van der Waals surface area contributed by atoms with Gasteiger partial charge in [-0.05, 0) is 38.1 Å². The minimum atomic E-state index is -0.779. The summed E-state index contributed by atoms with van der Waals surface area (Å²) >= 11 is 1.30. The minimum Gasteiger partial charge on any atom is -0.494 e. The summed E-state index contributed by atoms with van der Waals surface area (Å²) in [5.41, 5.74) is 4.68. The van der Waals surface area contributed by atoms with E-state index in [4.69, 9.17) is 14.0 Å². The smallest absolute Gasteiger partial charge is 0.279 e. The summed E-state index contributed by atoms with van der Waals surface area (Å²) in [4.78, 5) is 27.8. The van der Waals surface area contributed by atoms with Gasteiger partial charge >= 0.3 is 0 Å².